The number of esters is 2. The molecule has 0 bridgehead atoms. The molecule has 0 aromatic rings. The van der Waals surface area contributed by atoms with E-state index in [1.807, 2.05) is 12.2 Å². The average Bonchev–Trinajstić information content (AvgIpc) is 3.09. The van der Waals surface area contributed by atoms with Crippen LogP contribution in [0.2, 0.25) is 0 Å². The summed E-state index contributed by atoms with van der Waals surface area (Å²) < 4.78 is 10.2. The molecule has 2 N–H and O–H groups in total. The zero-order valence-electron chi connectivity index (χ0n) is 32.1. The van der Waals surface area contributed by atoms with Gasteiger partial charge in [0.1, 0.15) is 19.3 Å². The lowest BCUT2D eigenvalue weighted by Crippen LogP contribution is -2.25. The quantitative estimate of drug-likeness (QED) is 0.0292. The second kappa shape index (κ2) is 38.9. The van der Waals surface area contributed by atoms with Crippen LogP contribution in [0.3, 0.4) is 0 Å². The number of ether oxygens (including phenoxy) is 2. The fourth-order valence-electron chi connectivity index (χ4n) is 5.80. The lowest BCUT2D eigenvalue weighted by Gasteiger charge is -2.12. The number of unbranched alkanes of at least 4 members (excludes halogenated alkanes) is 22. The van der Waals surface area contributed by atoms with Crippen molar-refractivity contribution in [3.8, 4) is 0 Å². The van der Waals surface area contributed by atoms with Crippen molar-refractivity contribution in [3.05, 3.63) is 36.5 Å². The number of aliphatic hydroxyl groups excluding tert-OH is 2. The fraction of sp³-hybridized carbons (Fsp3) is 0.814. The van der Waals surface area contributed by atoms with Gasteiger partial charge in [0.15, 0.2) is 0 Å². The minimum absolute atomic E-state index is 0.163. The van der Waals surface area contributed by atoms with E-state index < -0.39 is 18.2 Å². The van der Waals surface area contributed by atoms with E-state index in [2.05, 4.69) is 32.1 Å². The van der Waals surface area contributed by atoms with E-state index in [9.17, 15) is 19.8 Å². The number of carbonyl (C=O) groups is 2. The van der Waals surface area contributed by atoms with Crippen molar-refractivity contribution in [1.29, 1.82) is 0 Å². The van der Waals surface area contributed by atoms with Crippen LogP contribution in [-0.4, -0.2) is 47.6 Å². The molecule has 0 saturated heterocycles. The first-order valence-electron chi connectivity index (χ1n) is 20.6. The molecule has 0 aliphatic heterocycles. The van der Waals surface area contributed by atoms with Crippen LogP contribution in [-0.2, 0) is 19.1 Å². The summed E-state index contributed by atoms with van der Waals surface area (Å²) in [5, 5.41) is 20.1. The molecule has 0 aromatic heterocycles. The van der Waals surface area contributed by atoms with Gasteiger partial charge in [0, 0.05) is 12.8 Å². The first-order valence-corrected chi connectivity index (χ1v) is 20.6. The van der Waals surface area contributed by atoms with Crippen molar-refractivity contribution in [3.63, 3.8) is 0 Å². The summed E-state index contributed by atoms with van der Waals surface area (Å²) in [5.41, 5.74) is 0. The van der Waals surface area contributed by atoms with Crippen LogP contribution in [0.5, 0.6) is 0 Å². The molecule has 49 heavy (non-hydrogen) atoms. The number of hydrogen-bond donors (Lipinski definition) is 2. The first-order chi connectivity index (χ1) is 24.0. The zero-order chi connectivity index (χ0) is 35.9. The Hall–Kier alpha value is -1.92. The lowest BCUT2D eigenvalue weighted by molar-refractivity contribution is -0.152. The van der Waals surface area contributed by atoms with Crippen molar-refractivity contribution in [2.45, 2.75) is 212 Å². The van der Waals surface area contributed by atoms with Crippen molar-refractivity contribution in [1.82, 2.24) is 0 Å². The van der Waals surface area contributed by atoms with Gasteiger partial charge in [-0.15, -0.1) is 0 Å². The molecule has 0 saturated carbocycles. The van der Waals surface area contributed by atoms with E-state index in [4.69, 9.17) is 9.47 Å². The molecule has 0 heterocycles. The maximum atomic E-state index is 12.0. The van der Waals surface area contributed by atoms with Gasteiger partial charge < -0.3 is 19.7 Å². The molecule has 6 heteroatoms. The summed E-state index contributed by atoms with van der Waals surface area (Å²) in [6, 6.07) is 0. The lowest BCUT2D eigenvalue weighted by atomic mass is 10.0. The Kier molecular flexibility index (Phi) is 37.4. The highest BCUT2D eigenvalue weighted by Gasteiger charge is 2.12. The maximum absolute atomic E-state index is 12.0. The van der Waals surface area contributed by atoms with Gasteiger partial charge in [-0.25, -0.2) is 0 Å². The van der Waals surface area contributed by atoms with Gasteiger partial charge in [0.05, 0.1) is 6.10 Å². The summed E-state index contributed by atoms with van der Waals surface area (Å²) in [6.07, 6.45) is 43.8. The van der Waals surface area contributed by atoms with E-state index in [1.54, 1.807) is 6.08 Å². The van der Waals surface area contributed by atoms with E-state index in [0.717, 1.165) is 32.1 Å². The highest BCUT2D eigenvalue weighted by molar-refractivity contribution is 5.69. The smallest absolute Gasteiger partial charge is 0.305 e. The van der Waals surface area contributed by atoms with Crippen molar-refractivity contribution in [2.75, 3.05) is 13.2 Å². The standard InChI is InChI=1S/C43H78O6/c1-3-5-7-9-11-13-15-17-18-19-20-22-24-26-28-30-32-36-42(46)48-38-41(45)39-49-43(47)37-33-35-40(44)34-31-29-27-25-23-21-16-14-12-10-8-6-4-2/h21,23,27,29,31,34,40-41,44-45H,3-20,22,24-26,28,30,32-33,35-39H2,1-2H3/b23-21+,29-27+,34-31+/t40?,41-/m1/s1. The molecule has 0 spiro atoms. The van der Waals surface area contributed by atoms with Crippen LogP contribution in [0.1, 0.15) is 200 Å². The topological polar surface area (TPSA) is 93.1 Å². The molecule has 0 aromatic carbocycles. The third kappa shape index (κ3) is 38.7. The van der Waals surface area contributed by atoms with Crippen molar-refractivity contribution in [2.24, 2.45) is 0 Å². The first kappa shape index (κ1) is 47.1. The minimum Gasteiger partial charge on any atom is -0.463 e. The molecule has 0 aliphatic rings. The van der Waals surface area contributed by atoms with E-state index in [1.165, 1.54) is 128 Å². The van der Waals surface area contributed by atoms with E-state index >= 15 is 0 Å². The van der Waals surface area contributed by atoms with Crippen molar-refractivity contribution < 1.29 is 29.3 Å². The van der Waals surface area contributed by atoms with E-state index in [-0.39, 0.29) is 25.6 Å². The maximum Gasteiger partial charge on any atom is 0.305 e. The van der Waals surface area contributed by atoms with Gasteiger partial charge in [-0.05, 0) is 38.5 Å². The van der Waals surface area contributed by atoms with Crippen LogP contribution in [0, 0.1) is 0 Å². The Bertz CT molecular complexity index is 804. The number of aliphatic hydroxyl groups is 2. The summed E-state index contributed by atoms with van der Waals surface area (Å²) in [5.74, 6) is -0.749. The van der Waals surface area contributed by atoms with Crippen LogP contribution in [0.15, 0.2) is 36.5 Å². The van der Waals surface area contributed by atoms with Crippen LogP contribution >= 0.6 is 0 Å². The fourth-order valence-corrected chi connectivity index (χ4v) is 5.80. The number of rotatable bonds is 37. The number of hydrogen-bond acceptors (Lipinski definition) is 6. The summed E-state index contributed by atoms with van der Waals surface area (Å²) in [7, 11) is 0. The summed E-state index contributed by atoms with van der Waals surface area (Å²) >= 11 is 0. The monoisotopic (exact) mass is 691 g/mol. The highest BCUT2D eigenvalue weighted by Crippen LogP contribution is 2.15. The average molecular weight is 691 g/mol. The molecule has 0 rings (SSSR count). The van der Waals surface area contributed by atoms with Gasteiger partial charge in [0.2, 0.25) is 0 Å². The van der Waals surface area contributed by atoms with Crippen molar-refractivity contribution >= 4 is 11.9 Å². The van der Waals surface area contributed by atoms with Gasteiger partial charge in [0.25, 0.3) is 0 Å². The molecule has 0 amide bonds. The predicted octanol–water partition coefficient (Wildman–Crippen LogP) is 11.8. The molecule has 286 valence electrons. The third-order valence-electron chi connectivity index (χ3n) is 8.98. The van der Waals surface area contributed by atoms with Gasteiger partial charge in [-0.1, -0.05) is 185 Å². The van der Waals surface area contributed by atoms with Crippen LogP contribution in [0.4, 0.5) is 0 Å². The SMILES string of the molecule is CCCCCCCC/C=C/C/C=C/C=C/C(O)CCCC(=O)OC[C@H](O)COC(=O)CCCCCCCCCCCCCCCCCCC. The highest BCUT2D eigenvalue weighted by atomic mass is 16.6. The van der Waals surface area contributed by atoms with E-state index in [0.29, 0.717) is 19.3 Å². The Balaban J connectivity index is 3.58. The summed E-state index contributed by atoms with van der Waals surface area (Å²) in [6.45, 7) is 4.14. The molecule has 0 fully saturated rings. The Morgan fingerprint density at radius 2 is 0.939 bits per heavy atom. The van der Waals surface area contributed by atoms with Crippen LogP contribution in [0.25, 0.3) is 0 Å². The largest absolute Gasteiger partial charge is 0.463 e. The number of carbonyl (C=O) groups excluding carboxylic acids is 2. The molecule has 0 radical (unpaired) electrons. The molecule has 6 nitrogen and oxygen atoms in total. The third-order valence-corrected chi connectivity index (χ3v) is 8.98. The molecule has 0 aliphatic carbocycles. The second-order valence-corrected chi connectivity index (χ2v) is 14.0. The molecular weight excluding hydrogens is 612 g/mol. The number of allylic oxidation sites excluding steroid dienone is 5. The van der Waals surface area contributed by atoms with Gasteiger partial charge in [-0.3, -0.25) is 9.59 Å². The van der Waals surface area contributed by atoms with Gasteiger partial charge >= 0.3 is 11.9 Å². The second-order valence-electron chi connectivity index (χ2n) is 14.0. The normalized spacial score (nSPS) is 13.1. The molecular formula is C43H78O6. The molecule has 1 unspecified atom stereocenters. The summed E-state index contributed by atoms with van der Waals surface area (Å²) in [4.78, 5) is 24.0. The van der Waals surface area contributed by atoms with Crippen LogP contribution < -0.4 is 0 Å². The minimum atomic E-state index is -1.03. The Morgan fingerprint density at radius 3 is 1.43 bits per heavy atom. The predicted molar refractivity (Wildman–Crippen MR) is 207 cm³/mol. The zero-order valence-corrected chi connectivity index (χ0v) is 32.1. The molecule has 2 atom stereocenters. The van der Waals surface area contributed by atoms with Gasteiger partial charge in [-0.2, -0.15) is 0 Å². The Labute approximate surface area is 302 Å². The Morgan fingerprint density at radius 1 is 0.510 bits per heavy atom.